The van der Waals surface area contributed by atoms with Gasteiger partial charge in [0.05, 0.1) is 12.5 Å². The predicted molar refractivity (Wildman–Crippen MR) is 88.0 cm³/mol. The molecule has 1 N–H and O–H groups in total. The summed E-state index contributed by atoms with van der Waals surface area (Å²) in [6, 6.07) is 0. The van der Waals surface area contributed by atoms with Crippen molar-refractivity contribution in [2.24, 2.45) is 10.9 Å². The summed E-state index contributed by atoms with van der Waals surface area (Å²) >= 11 is 0. The third kappa shape index (κ3) is 6.64. The van der Waals surface area contributed by atoms with E-state index in [2.05, 4.69) is 15.2 Å². The molecule has 0 aromatic rings. The minimum absolute atomic E-state index is 0.0421. The number of aliphatic imine (C=N–C) groups is 1. The number of hydrogen-bond acceptors (Lipinski definition) is 4. The Bertz CT molecular complexity index is 340. The van der Waals surface area contributed by atoms with Crippen LogP contribution in [0.3, 0.4) is 0 Å². The van der Waals surface area contributed by atoms with E-state index in [0.29, 0.717) is 6.61 Å². The maximum Gasteiger partial charge on any atom is 0.309 e. The molecule has 0 radical (unpaired) electrons. The van der Waals surface area contributed by atoms with Crippen LogP contribution in [0, 0.1) is 5.92 Å². The average molecular weight is 313 g/mol. The minimum atomic E-state index is -0.0546. The molecule has 0 bridgehead atoms. The number of nitrogens with one attached hydrogen (secondary N) is 1. The average Bonchev–Trinajstić information content (AvgIpc) is 2.55. The normalized spacial score (nSPS) is 16.7. The van der Waals surface area contributed by atoms with Gasteiger partial charge in [-0.2, -0.15) is 0 Å². The maximum absolute atomic E-state index is 11.7. The van der Waals surface area contributed by atoms with Crippen molar-refractivity contribution in [2.45, 2.75) is 39.5 Å². The zero-order valence-electron chi connectivity index (χ0n) is 14.3. The van der Waals surface area contributed by atoms with E-state index >= 15 is 0 Å². The standard InChI is InChI=1S/C16H31N3O3/c1-4-21-13-7-6-10-18-16(17-3)19-11-8-14(9-12-19)15(20)22-5-2/h14H,4-13H2,1-3H3,(H,17,18). The van der Waals surface area contributed by atoms with Crippen LogP contribution in [0.1, 0.15) is 39.5 Å². The number of ether oxygens (including phenoxy) is 2. The molecule has 6 nitrogen and oxygen atoms in total. The first kappa shape index (κ1) is 18.7. The lowest BCUT2D eigenvalue weighted by Gasteiger charge is -2.33. The summed E-state index contributed by atoms with van der Waals surface area (Å²) in [5.74, 6) is 0.917. The number of guanidine groups is 1. The van der Waals surface area contributed by atoms with Crippen molar-refractivity contribution in [3.63, 3.8) is 0 Å². The Morgan fingerprint density at radius 1 is 1.23 bits per heavy atom. The number of carbonyl (C=O) groups is 1. The van der Waals surface area contributed by atoms with E-state index in [1.54, 1.807) is 7.05 Å². The van der Waals surface area contributed by atoms with Crippen LogP contribution in [0.5, 0.6) is 0 Å². The molecule has 1 aliphatic rings. The Hall–Kier alpha value is -1.30. The van der Waals surface area contributed by atoms with Gasteiger partial charge in [-0.15, -0.1) is 0 Å². The van der Waals surface area contributed by atoms with Gasteiger partial charge in [-0.05, 0) is 39.5 Å². The van der Waals surface area contributed by atoms with E-state index < -0.39 is 0 Å². The molecule has 22 heavy (non-hydrogen) atoms. The zero-order valence-corrected chi connectivity index (χ0v) is 14.3. The summed E-state index contributed by atoms with van der Waals surface area (Å²) in [6.45, 7) is 8.53. The van der Waals surface area contributed by atoms with Crippen molar-refractivity contribution in [2.75, 3.05) is 46.5 Å². The van der Waals surface area contributed by atoms with Gasteiger partial charge in [-0.25, -0.2) is 0 Å². The molecule has 1 aliphatic heterocycles. The number of hydrogen-bond donors (Lipinski definition) is 1. The second kappa shape index (κ2) is 11.3. The number of nitrogens with zero attached hydrogens (tertiary/aromatic N) is 2. The molecule has 0 aliphatic carbocycles. The second-order valence-corrected chi connectivity index (χ2v) is 5.39. The topological polar surface area (TPSA) is 63.2 Å². The Labute approximate surface area is 134 Å². The predicted octanol–water partition coefficient (Wildman–Crippen LogP) is 1.65. The fraction of sp³-hybridized carbons (Fsp3) is 0.875. The SMILES string of the molecule is CCOCCCCNC(=NC)N1CCC(C(=O)OCC)CC1. The van der Waals surface area contributed by atoms with Crippen LogP contribution in [0.2, 0.25) is 0 Å². The quantitative estimate of drug-likeness (QED) is 0.319. The third-order valence-electron chi connectivity index (χ3n) is 3.83. The van der Waals surface area contributed by atoms with E-state index in [-0.39, 0.29) is 11.9 Å². The van der Waals surface area contributed by atoms with Crippen molar-refractivity contribution in [1.29, 1.82) is 0 Å². The van der Waals surface area contributed by atoms with Crippen LogP contribution >= 0.6 is 0 Å². The summed E-state index contributed by atoms with van der Waals surface area (Å²) in [6.07, 6.45) is 3.80. The molecule has 1 rings (SSSR count). The molecule has 0 amide bonds. The van der Waals surface area contributed by atoms with Crippen molar-refractivity contribution >= 4 is 11.9 Å². The second-order valence-electron chi connectivity index (χ2n) is 5.39. The summed E-state index contributed by atoms with van der Waals surface area (Å²) in [4.78, 5) is 18.3. The van der Waals surface area contributed by atoms with Gasteiger partial charge in [-0.1, -0.05) is 0 Å². The molecular weight excluding hydrogens is 282 g/mol. The van der Waals surface area contributed by atoms with Crippen molar-refractivity contribution in [3.8, 4) is 0 Å². The number of likely N-dealkylation sites (tertiary alicyclic amines) is 1. The van der Waals surface area contributed by atoms with Crippen LogP contribution in [0.25, 0.3) is 0 Å². The molecular formula is C16H31N3O3. The van der Waals surface area contributed by atoms with Gasteiger partial charge < -0.3 is 19.7 Å². The largest absolute Gasteiger partial charge is 0.466 e. The Kier molecular flexibility index (Phi) is 9.62. The molecule has 1 heterocycles. The van der Waals surface area contributed by atoms with Gasteiger partial charge in [0.15, 0.2) is 5.96 Å². The lowest BCUT2D eigenvalue weighted by molar-refractivity contribution is -0.149. The molecule has 0 saturated carbocycles. The van der Waals surface area contributed by atoms with E-state index in [0.717, 1.165) is 64.5 Å². The van der Waals surface area contributed by atoms with Crippen LogP contribution in [-0.4, -0.2) is 63.3 Å². The fourth-order valence-corrected chi connectivity index (χ4v) is 2.59. The molecule has 0 spiro atoms. The fourth-order valence-electron chi connectivity index (χ4n) is 2.59. The third-order valence-corrected chi connectivity index (χ3v) is 3.83. The number of rotatable bonds is 8. The van der Waals surface area contributed by atoms with E-state index in [4.69, 9.17) is 9.47 Å². The number of unbranched alkanes of at least 4 members (excludes halogenated alkanes) is 1. The zero-order chi connectivity index (χ0) is 16.2. The van der Waals surface area contributed by atoms with Crippen LogP contribution < -0.4 is 5.32 Å². The monoisotopic (exact) mass is 313 g/mol. The van der Waals surface area contributed by atoms with E-state index in [9.17, 15) is 4.79 Å². The maximum atomic E-state index is 11.7. The first-order valence-corrected chi connectivity index (χ1v) is 8.42. The summed E-state index contributed by atoms with van der Waals surface area (Å²) in [5, 5.41) is 3.39. The molecule has 128 valence electrons. The molecule has 0 atom stereocenters. The first-order valence-electron chi connectivity index (χ1n) is 8.42. The molecule has 0 aromatic heterocycles. The van der Waals surface area contributed by atoms with Gasteiger partial charge in [-0.3, -0.25) is 9.79 Å². The smallest absolute Gasteiger partial charge is 0.309 e. The highest BCUT2D eigenvalue weighted by atomic mass is 16.5. The highest BCUT2D eigenvalue weighted by Crippen LogP contribution is 2.18. The first-order chi connectivity index (χ1) is 10.7. The highest BCUT2D eigenvalue weighted by molar-refractivity contribution is 5.80. The summed E-state index contributed by atoms with van der Waals surface area (Å²) in [5.41, 5.74) is 0. The number of piperidine rings is 1. The van der Waals surface area contributed by atoms with Gasteiger partial charge in [0.1, 0.15) is 0 Å². The molecule has 0 unspecified atom stereocenters. The van der Waals surface area contributed by atoms with E-state index in [1.165, 1.54) is 0 Å². The van der Waals surface area contributed by atoms with Gasteiger partial charge >= 0.3 is 5.97 Å². The van der Waals surface area contributed by atoms with Crippen molar-refractivity contribution in [3.05, 3.63) is 0 Å². The molecule has 0 aromatic carbocycles. The van der Waals surface area contributed by atoms with Crippen LogP contribution in [0.15, 0.2) is 4.99 Å². The molecule has 1 fully saturated rings. The molecule has 1 saturated heterocycles. The Balaban J connectivity index is 2.24. The van der Waals surface area contributed by atoms with Gasteiger partial charge in [0.2, 0.25) is 0 Å². The number of carbonyl (C=O) groups excluding carboxylic acids is 1. The Morgan fingerprint density at radius 3 is 2.55 bits per heavy atom. The van der Waals surface area contributed by atoms with E-state index in [1.807, 2.05) is 13.8 Å². The van der Waals surface area contributed by atoms with Crippen molar-refractivity contribution < 1.29 is 14.3 Å². The molecule has 6 heteroatoms. The number of esters is 1. The van der Waals surface area contributed by atoms with Gasteiger partial charge in [0, 0.05) is 39.9 Å². The lowest BCUT2D eigenvalue weighted by atomic mass is 9.97. The highest BCUT2D eigenvalue weighted by Gasteiger charge is 2.27. The lowest BCUT2D eigenvalue weighted by Crippen LogP contribution is -2.46. The van der Waals surface area contributed by atoms with Crippen LogP contribution in [-0.2, 0) is 14.3 Å². The van der Waals surface area contributed by atoms with Gasteiger partial charge in [0.25, 0.3) is 0 Å². The summed E-state index contributed by atoms with van der Waals surface area (Å²) in [7, 11) is 1.81. The van der Waals surface area contributed by atoms with Crippen molar-refractivity contribution in [1.82, 2.24) is 10.2 Å². The summed E-state index contributed by atoms with van der Waals surface area (Å²) < 4.78 is 10.4. The van der Waals surface area contributed by atoms with Crippen LogP contribution in [0.4, 0.5) is 0 Å². The minimum Gasteiger partial charge on any atom is -0.466 e. The Morgan fingerprint density at radius 2 is 1.95 bits per heavy atom.